The van der Waals surface area contributed by atoms with Crippen molar-refractivity contribution in [3.05, 3.63) is 28.2 Å². The molecule has 1 amide bonds. The van der Waals surface area contributed by atoms with Crippen LogP contribution in [0.2, 0.25) is 10.0 Å². The Morgan fingerprint density at radius 1 is 1.06 bits per heavy atom. The second-order valence-electron chi connectivity index (χ2n) is 9.27. The standard InChI is InChI=1S/C21H31Cl2N3O5S/c1-21(2,3)26(20(27)28)32(29,30)25-12-6-15(7-13-25)24-10-8-16(9-11-24)31-17-4-5-18(22)19(23)14-17/h4-5,14-16H,6-13H2,1-3H3,(H,27,28)/p-1. The second kappa shape index (κ2) is 9.93. The van der Waals surface area contributed by atoms with Crippen molar-refractivity contribution in [3.8, 4) is 5.75 Å². The molecule has 11 heteroatoms. The van der Waals surface area contributed by atoms with Gasteiger partial charge in [-0.3, -0.25) is 0 Å². The Morgan fingerprint density at radius 3 is 2.16 bits per heavy atom. The van der Waals surface area contributed by atoms with E-state index in [1.165, 1.54) is 25.1 Å². The van der Waals surface area contributed by atoms with Gasteiger partial charge >= 0.3 is 10.2 Å². The smallest absolute Gasteiger partial charge is 0.305 e. The summed E-state index contributed by atoms with van der Waals surface area (Å²) < 4.78 is 33.6. The summed E-state index contributed by atoms with van der Waals surface area (Å²) in [4.78, 5) is 13.9. The summed E-state index contributed by atoms with van der Waals surface area (Å²) in [6.45, 7) is 6.90. The summed E-state index contributed by atoms with van der Waals surface area (Å²) in [5.74, 6) is 0.702. The molecule has 32 heavy (non-hydrogen) atoms. The van der Waals surface area contributed by atoms with Crippen molar-refractivity contribution in [2.75, 3.05) is 26.2 Å². The molecule has 0 aliphatic carbocycles. The molecule has 180 valence electrons. The minimum atomic E-state index is -4.14. The molecule has 2 saturated heterocycles. The van der Waals surface area contributed by atoms with E-state index < -0.39 is 21.8 Å². The Labute approximate surface area is 200 Å². The first kappa shape index (κ1) is 25.4. The fraction of sp³-hybridized carbons (Fsp3) is 0.667. The molecule has 0 atom stereocenters. The molecule has 2 aliphatic heterocycles. The minimum Gasteiger partial charge on any atom is -0.529 e. The molecule has 0 N–H and O–H groups in total. The number of halogens is 2. The van der Waals surface area contributed by atoms with Gasteiger partial charge in [0, 0.05) is 38.3 Å². The van der Waals surface area contributed by atoms with Crippen LogP contribution in [0.1, 0.15) is 46.5 Å². The number of carboxylic acid groups (broad SMARTS) is 1. The summed E-state index contributed by atoms with van der Waals surface area (Å²) in [7, 11) is -4.14. The maximum atomic E-state index is 12.9. The Bertz CT molecular complexity index is 922. The third-order valence-corrected chi connectivity index (χ3v) is 8.86. The average molecular weight is 507 g/mol. The number of nitrogens with zero attached hydrogens (tertiary/aromatic N) is 3. The highest BCUT2D eigenvalue weighted by Crippen LogP contribution is 2.30. The van der Waals surface area contributed by atoms with Crippen LogP contribution < -0.4 is 9.84 Å². The van der Waals surface area contributed by atoms with Gasteiger partial charge in [0.25, 0.3) is 0 Å². The first-order valence-electron chi connectivity index (χ1n) is 10.8. The molecule has 0 radical (unpaired) electrons. The van der Waals surface area contributed by atoms with E-state index in [0.29, 0.717) is 32.9 Å². The minimum absolute atomic E-state index is 0.0902. The number of carbonyl (C=O) groups excluding carboxylic acids is 1. The van der Waals surface area contributed by atoms with Gasteiger partial charge in [-0.2, -0.15) is 12.7 Å². The SMILES string of the molecule is CC(C)(C)N(C(=O)[O-])S(=O)(=O)N1CCC(N2CCC(Oc3ccc(Cl)c(Cl)c3)CC2)CC1. The number of carbonyl (C=O) groups is 1. The molecule has 0 aromatic heterocycles. The fourth-order valence-electron chi connectivity index (χ4n) is 4.37. The van der Waals surface area contributed by atoms with E-state index in [1.54, 1.807) is 12.1 Å². The monoisotopic (exact) mass is 506 g/mol. The lowest BCUT2D eigenvalue weighted by molar-refractivity contribution is -0.263. The first-order valence-corrected chi connectivity index (χ1v) is 12.9. The predicted molar refractivity (Wildman–Crippen MR) is 122 cm³/mol. The number of hydrogen-bond donors (Lipinski definition) is 0. The zero-order chi connectivity index (χ0) is 23.7. The Hall–Kier alpha value is -1.26. The first-order chi connectivity index (χ1) is 14.9. The van der Waals surface area contributed by atoms with E-state index in [2.05, 4.69) is 4.90 Å². The highest BCUT2D eigenvalue weighted by atomic mass is 35.5. The summed E-state index contributed by atoms with van der Waals surface area (Å²) in [5.41, 5.74) is -1.11. The molecule has 0 bridgehead atoms. The van der Waals surface area contributed by atoms with Crippen molar-refractivity contribution in [1.82, 2.24) is 13.5 Å². The van der Waals surface area contributed by atoms with Crippen molar-refractivity contribution < 1.29 is 23.1 Å². The van der Waals surface area contributed by atoms with Gasteiger partial charge in [0.15, 0.2) is 6.09 Å². The van der Waals surface area contributed by atoms with Crippen LogP contribution in [0.5, 0.6) is 5.75 Å². The number of ether oxygens (including phenoxy) is 1. The van der Waals surface area contributed by atoms with Gasteiger partial charge in [-0.15, -0.1) is 0 Å². The topological polar surface area (TPSA) is 93.2 Å². The summed E-state index contributed by atoms with van der Waals surface area (Å²) >= 11 is 12.0. The lowest BCUT2D eigenvalue weighted by Crippen LogP contribution is -2.60. The quantitative estimate of drug-likeness (QED) is 0.609. The van der Waals surface area contributed by atoms with Crippen molar-refractivity contribution in [3.63, 3.8) is 0 Å². The van der Waals surface area contributed by atoms with E-state index in [4.69, 9.17) is 27.9 Å². The Kier molecular flexibility index (Phi) is 7.87. The van der Waals surface area contributed by atoms with Crippen LogP contribution in [0, 0.1) is 0 Å². The van der Waals surface area contributed by atoms with Gasteiger partial charge in [-0.25, -0.2) is 4.31 Å². The molecule has 2 aliphatic rings. The fourth-order valence-corrected chi connectivity index (χ4v) is 6.44. The number of amides is 1. The Balaban J connectivity index is 1.52. The van der Waals surface area contributed by atoms with Crippen molar-refractivity contribution >= 4 is 39.5 Å². The summed E-state index contributed by atoms with van der Waals surface area (Å²) in [5, 5.41) is 12.5. The lowest BCUT2D eigenvalue weighted by atomic mass is 10.00. The van der Waals surface area contributed by atoms with Crippen molar-refractivity contribution in [2.45, 2.75) is 64.1 Å². The molecule has 0 saturated carbocycles. The molecule has 0 unspecified atom stereocenters. The molecule has 0 spiro atoms. The van der Waals surface area contributed by atoms with Gasteiger partial charge in [-0.1, -0.05) is 23.2 Å². The molecule has 2 fully saturated rings. The van der Waals surface area contributed by atoms with Gasteiger partial charge < -0.3 is 19.5 Å². The van der Waals surface area contributed by atoms with Crippen LogP contribution in [0.3, 0.4) is 0 Å². The van der Waals surface area contributed by atoms with Crippen LogP contribution in [0.25, 0.3) is 0 Å². The third kappa shape index (κ3) is 5.80. The summed E-state index contributed by atoms with van der Waals surface area (Å²) in [6.07, 6.45) is 1.42. The lowest BCUT2D eigenvalue weighted by Gasteiger charge is -2.44. The van der Waals surface area contributed by atoms with Gasteiger partial charge in [0.1, 0.15) is 11.9 Å². The second-order valence-corrected chi connectivity index (χ2v) is 11.9. The van der Waals surface area contributed by atoms with Crippen molar-refractivity contribution in [2.24, 2.45) is 0 Å². The molecule has 1 aromatic rings. The predicted octanol–water partition coefficient (Wildman–Crippen LogP) is 2.99. The van der Waals surface area contributed by atoms with Crippen LogP contribution in [0.15, 0.2) is 18.2 Å². The van der Waals surface area contributed by atoms with E-state index in [0.717, 1.165) is 25.9 Å². The van der Waals surface area contributed by atoms with Crippen LogP contribution in [-0.4, -0.2) is 71.9 Å². The van der Waals surface area contributed by atoms with E-state index in [9.17, 15) is 18.3 Å². The molecular formula is C21H30Cl2N3O5S-. The zero-order valence-electron chi connectivity index (χ0n) is 18.6. The van der Waals surface area contributed by atoms with Crippen LogP contribution in [0.4, 0.5) is 4.79 Å². The molecule has 1 aromatic carbocycles. The van der Waals surface area contributed by atoms with Gasteiger partial charge in [0.05, 0.1) is 15.6 Å². The number of rotatable bonds is 5. The highest BCUT2D eigenvalue weighted by molar-refractivity contribution is 7.87. The number of hydrogen-bond acceptors (Lipinski definition) is 6. The number of benzene rings is 1. The van der Waals surface area contributed by atoms with Gasteiger partial charge in [0.2, 0.25) is 0 Å². The van der Waals surface area contributed by atoms with E-state index >= 15 is 0 Å². The maximum absolute atomic E-state index is 12.9. The molecule has 2 heterocycles. The zero-order valence-corrected chi connectivity index (χ0v) is 20.9. The van der Waals surface area contributed by atoms with Crippen LogP contribution >= 0.6 is 23.2 Å². The average Bonchev–Trinajstić information content (AvgIpc) is 2.70. The highest BCUT2D eigenvalue weighted by Gasteiger charge is 2.40. The van der Waals surface area contributed by atoms with E-state index in [-0.39, 0.29) is 25.2 Å². The molecular weight excluding hydrogens is 477 g/mol. The van der Waals surface area contributed by atoms with E-state index in [1.807, 2.05) is 6.07 Å². The third-order valence-electron chi connectivity index (χ3n) is 5.94. The largest absolute Gasteiger partial charge is 0.529 e. The van der Waals surface area contributed by atoms with Gasteiger partial charge in [-0.05, 0) is 58.6 Å². The summed E-state index contributed by atoms with van der Waals surface area (Å²) in [6, 6.07) is 5.51. The van der Waals surface area contributed by atoms with Crippen molar-refractivity contribution in [1.29, 1.82) is 0 Å². The number of likely N-dealkylation sites (tertiary alicyclic amines) is 1. The normalized spacial score (nSPS) is 20.3. The maximum Gasteiger partial charge on any atom is 0.305 e. The molecule has 3 rings (SSSR count). The molecule has 8 nitrogen and oxygen atoms in total. The number of piperidine rings is 2. The van der Waals surface area contributed by atoms with Crippen LogP contribution in [-0.2, 0) is 10.2 Å². The Morgan fingerprint density at radius 2 is 1.66 bits per heavy atom.